The van der Waals surface area contributed by atoms with Crippen LogP contribution in [0.3, 0.4) is 0 Å². The van der Waals surface area contributed by atoms with Crippen LogP contribution >= 0.6 is 31.9 Å². The van der Waals surface area contributed by atoms with Crippen molar-refractivity contribution in [2.45, 2.75) is 19.9 Å². The Labute approximate surface area is 134 Å². The van der Waals surface area contributed by atoms with Gasteiger partial charge < -0.3 is 10.4 Å². The molecule has 110 valence electrons. The minimum atomic E-state index is -0.948. The van der Waals surface area contributed by atoms with Gasteiger partial charge in [-0.2, -0.15) is 0 Å². The molecule has 5 nitrogen and oxygen atoms in total. The molecule has 0 heterocycles. The summed E-state index contributed by atoms with van der Waals surface area (Å²) in [5.41, 5.74) is 0.650. The number of carboxylic acid groups (broad SMARTS) is 1. The predicted molar refractivity (Wildman–Crippen MR) is 84.8 cm³/mol. The highest BCUT2D eigenvalue weighted by Crippen LogP contribution is 2.26. The van der Waals surface area contributed by atoms with E-state index < -0.39 is 5.97 Å². The topological polar surface area (TPSA) is 69.6 Å². The molecular formula is C13H16Br2N2O3. The number of anilines is 1. The molecule has 0 bridgehead atoms. The van der Waals surface area contributed by atoms with Crippen molar-refractivity contribution in [2.75, 3.05) is 18.4 Å². The standard InChI is InChI=1S/C13H16Br2N2O3/c1-8(2)17(7-13(19)20)6-12(18)16-11-4-3-9(14)5-10(11)15/h3-5,8H,6-7H2,1-2H3,(H,16,18)(H,19,20). The Morgan fingerprint density at radius 2 is 1.95 bits per heavy atom. The molecule has 0 aliphatic rings. The van der Waals surface area contributed by atoms with Crippen molar-refractivity contribution in [3.63, 3.8) is 0 Å². The lowest BCUT2D eigenvalue weighted by atomic mass is 10.3. The molecule has 2 N–H and O–H groups in total. The number of hydrogen-bond donors (Lipinski definition) is 2. The van der Waals surface area contributed by atoms with Gasteiger partial charge in [-0.1, -0.05) is 15.9 Å². The second-order valence-corrected chi connectivity index (χ2v) is 6.33. The summed E-state index contributed by atoms with van der Waals surface area (Å²) in [5.74, 6) is -1.20. The molecule has 0 aromatic heterocycles. The molecule has 0 fully saturated rings. The van der Waals surface area contributed by atoms with E-state index in [9.17, 15) is 9.59 Å². The number of carboxylic acids is 1. The van der Waals surface area contributed by atoms with Crippen LogP contribution in [0.1, 0.15) is 13.8 Å². The van der Waals surface area contributed by atoms with Crippen LogP contribution < -0.4 is 5.32 Å². The maximum absolute atomic E-state index is 12.0. The number of amides is 1. The average Bonchev–Trinajstić information content (AvgIpc) is 2.31. The van der Waals surface area contributed by atoms with Gasteiger partial charge in [0.25, 0.3) is 0 Å². The van der Waals surface area contributed by atoms with E-state index in [0.717, 1.165) is 8.95 Å². The van der Waals surface area contributed by atoms with E-state index >= 15 is 0 Å². The smallest absolute Gasteiger partial charge is 0.317 e. The van der Waals surface area contributed by atoms with Crippen molar-refractivity contribution in [1.29, 1.82) is 0 Å². The Hall–Kier alpha value is -0.920. The second kappa shape index (κ2) is 7.75. The van der Waals surface area contributed by atoms with Crippen LogP contribution in [0.25, 0.3) is 0 Å². The molecule has 0 spiro atoms. The fourth-order valence-electron chi connectivity index (χ4n) is 1.56. The minimum Gasteiger partial charge on any atom is -0.480 e. The molecule has 1 amide bonds. The Kier molecular flexibility index (Phi) is 6.64. The van der Waals surface area contributed by atoms with E-state index in [2.05, 4.69) is 37.2 Å². The van der Waals surface area contributed by atoms with Crippen LogP contribution in [0.2, 0.25) is 0 Å². The van der Waals surface area contributed by atoms with E-state index in [4.69, 9.17) is 5.11 Å². The Morgan fingerprint density at radius 1 is 1.30 bits per heavy atom. The molecule has 0 atom stereocenters. The van der Waals surface area contributed by atoms with E-state index in [0.29, 0.717) is 5.69 Å². The van der Waals surface area contributed by atoms with Gasteiger partial charge in [0, 0.05) is 15.0 Å². The van der Waals surface area contributed by atoms with Gasteiger partial charge in [-0.25, -0.2) is 0 Å². The lowest BCUT2D eigenvalue weighted by molar-refractivity contribution is -0.139. The molecule has 7 heteroatoms. The fraction of sp³-hybridized carbons (Fsp3) is 0.385. The van der Waals surface area contributed by atoms with Gasteiger partial charge in [0.1, 0.15) is 0 Å². The third kappa shape index (κ3) is 5.60. The van der Waals surface area contributed by atoms with Crippen molar-refractivity contribution in [3.8, 4) is 0 Å². The van der Waals surface area contributed by atoms with Crippen molar-refractivity contribution < 1.29 is 14.7 Å². The first-order valence-corrected chi connectivity index (χ1v) is 7.59. The van der Waals surface area contributed by atoms with Crippen LogP contribution in [-0.4, -0.2) is 41.0 Å². The average molecular weight is 408 g/mol. The molecule has 0 saturated carbocycles. The van der Waals surface area contributed by atoms with Gasteiger partial charge in [0.2, 0.25) is 5.91 Å². The monoisotopic (exact) mass is 406 g/mol. The molecule has 0 aliphatic carbocycles. The lowest BCUT2D eigenvalue weighted by Gasteiger charge is -2.23. The van der Waals surface area contributed by atoms with Crippen LogP contribution in [-0.2, 0) is 9.59 Å². The number of halogens is 2. The Morgan fingerprint density at radius 3 is 2.45 bits per heavy atom. The molecule has 0 aliphatic heterocycles. The highest BCUT2D eigenvalue weighted by Gasteiger charge is 2.17. The van der Waals surface area contributed by atoms with E-state index in [1.807, 2.05) is 26.0 Å². The van der Waals surface area contributed by atoms with Gasteiger partial charge >= 0.3 is 5.97 Å². The summed E-state index contributed by atoms with van der Waals surface area (Å²) in [5, 5.41) is 11.6. The number of benzene rings is 1. The van der Waals surface area contributed by atoms with Gasteiger partial charge in [0.15, 0.2) is 0 Å². The van der Waals surface area contributed by atoms with Gasteiger partial charge in [0.05, 0.1) is 18.8 Å². The summed E-state index contributed by atoms with van der Waals surface area (Å²) in [6.07, 6.45) is 0. The molecule has 0 saturated heterocycles. The molecule has 20 heavy (non-hydrogen) atoms. The molecular weight excluding hydrogens is 392 g/mol. The maximum atomic E-state index is 12.0. The third-order valence-electron chi connectivity index (χ3n) is 2.62. The Bertz CT molecular complexity index is 506. The zero-order valence-electron chi connectivity index (χ0n) is 11.2. The van der Waals surface area contributed by atoms with Crippen LogP contribution in [0.4, 0.5) is 5.69 Å². The van der Waals surface area contributed by atoms with Crippen LogP contribution in [0.15, 0.2) is 27.1 Å². The summed E-state index contributed by atoms with van der Waals surface area (Å²) < 4.78 is 1.66. The van der Waals surface area contributed by atoms with Crippen molar-refractivity contribution in [3.05, 3.63) is 27.1 Å². The van der Waals surface area contributed by atoms with Crippen molar-refractivity contribution >= 4 is 49.4 Å². The molecule has 1 rings (SSSR count). The van der Waals surface area contributed by atoms with E-state index in [1.54, 1.807) is 11.0 Å². The largest absolute Gasteiger partial charge is 0.480 e. The number of nitrogens with zero attached hydrogens (tertiary/aromatic N) is 1. The fourth-order valence-corrected chi connectivity index (χ4v) is 2.71. The first-order chi connectivity index (χ1) is 9.29. The predicted octanol–water partition coefficient (Wildman–Crippen LogP) is 2.95. The van der Waals surface area contributed by atoms with Crippen LogP contribution in [0, 0.1) is 0 Å². The Balaban J connectivity index is 2.68. The summed E-state index contributed by atoms with van der Waals surface area (Å²) >= 11 is 6.69. The third-order valence-corrected chi connectivity index (χ3v) is 3.77. The second-order valence-electron chi connectivity index (χ2n) is 4.56. The minimum absolute atomic E-state index is 0.0230. The maximum Gasteiger partial charge on any atom is 0.317 e. The zero-order valence-corrected chi connectivity index (χ0v) is 14.4. The summed E-state index contributed by atoms with van der Waals surface area (Å²) in [6.45, 7) is 3.58. The first-order valence-electron chi connectivity index (χ1n) is 6.00. The number of hydrogen-bond acceptors (Lipinski definition) is 3. The van der Waals surface area contributed by atoms with E-state index in [1.165, 1.54) is 0 Å². The van der Waals surface area contributed by atoms with E-state index in [-0.39, 0.29) is 25.0 Å². The first kappa shape index (κ1) is 17.1. The van der Waals surface area contributed by atoms with Crippen molar-refractivity contribution in [1.82, 2.24) is 4.90 Å². The normalized spacial score (nSPS) is 10.9. The summed E-state index contributed by atoms with van der Waals surface area (Å²) in [6, 6.07) is 5.39. The molecule has 1 aromatic carbocycles. The van der Waals surface area contributed by atoms with Crippen LogP contribution in [0.5, 0.6) is 0 Å². The molecule has 0 radical (unpaired) electrons. The highest BCUT2D eigenvalue weighted by molar-refractivity contribution is 9.11. The lowest BCUT2D eigenvalue weighted by Crippen LogP contribution is -2.41. The number of nitrogens with one attached hydrogen (secondary N) is 1. The van der Waals surface area contributed by atoms with Gasteiger partial charge in [-0.3, -0.25) is 14.5 Å². The number of carbonyl (C=O) groups excluding carboxylic acids is 1. The summed E-state index contributed by atoms with van der Waals surface area (Å²) in [4.78, 5) is 24.3. The van der Waals surface area contributed by atoms with Gasteiger partial charge in [-0.05, 0) is 48.0 Å². The molecule has 1 aromatic rings. The van der Waals surface area contributed by atoms with Crippen molar-refractivity contribution in [2.24, 2.45) is 0 Å². The number of rotatable bonds is 6. The molecule has 0 unspecified atom stereocenters. The highest BCUT2D eigenvalue weighted by atomic mass is 79.9. The number of aliphatic carboxylic acids is 1. The van der Waals surface area contributed by atoms with Gasteiger partial charge in [-0.15, -0.1) is 0 Å². The quantitative estimate of drug-likeness (QED) is 0.760. The zero-order chi connectivity index (χ0) is 15.3. The number of carbonyl (C=O) groups is 2. The summed E-state index contributed by atoms with van der Waals surface area (Å²) in [7, 11) is 0. The SMILES string of the molecule is CC(C)N(CC(=O)O)CC(=O)Nc1ccc(Br)cc1Br.